The number of benzene rings is 1. The second-order valence-electron chi connectivity index (χ2n) is 4.36. The van der Waals surface area contributed by atoms with Crippen LogP contribution in [-0.4, -0.2) is 22.2 Å². The molecule has 6 nitrogen and oxygen atoms in total. The number of nitro groups is 1. The molecule has 94 valence electrons. The highest BCUT2D eigenvalue weighted by molar-refractivity contribution is 5.48. The topological polar surface area (TPSA) is 98.6 Å². The fourth-order valence-corrected chi connectivity index (χ4v) is 1.21. The van der Waals surface area contributed by atoms with E-state index in [-0.39, 0.29) is 24.6 Å². The molecule has 1 aromatic carbocycles. The largest absolute Gasteiger partial charge is 0.484 e. The van der Waals surface area contributed by atoms with Gasteiger partial charge in [0.1, 0.15) is 6.61 Å². The van der Waals surface area contributed by atoms with Gasteiger partial charge in [-0.1, -0.05) is 6.07 Å². The summed E-state index contributed by atoms with van der Waals surface area (Å²) in [5.41, 5.74) is 5.01. The number of hydrogen-bond donors (Lipinski definition) is 2. The number of nitro benzene ring substituents is 1. The second-order valence-corrected chi connectivity index (χ2v) is 4.36. The summed E-state index contributed by atoms with van der Waals surface area (Å²) < 4.78 is 5.26. The van der Waals surface area contributed by atoms with Crippen molar-refractivity contribution in [1.29, 1.82) is 0 Å². The maximum Gasteiger partial charge on any atom is 0.310 e. The molecule has 0 atom stereocenters. The van der Waals surface area contributed by atoms with Crippen molar-refractivity contribution in [1.82, 2.24) is 0 Å². The van der Waals surface area contributed by atoms with Crippen LogP contribution in [0.15, 0.2) is 18.2 Å². The number of rotatable bonds is 5. The molecule has 0 fully saturated rings. The van der Waals surface area contributed by atoms with Crippen LogP contribution in [0.2, 0.25) is 0 Å². The Kier molecular flexibility index (Phi) is 4.03. The highest BCUT2D eigenvalue weighted by Gasteiger charge is 2.19. The fourth-order valence-electron chi connectivity index (χ4n) is 1.21. The van der Waals surface area contributed by atoms with Gasteiger partial charge in [-0.05, 0) is 25.5 Å². The number of nitrogens with two attached hydrogens (primary N) is 1. The van der Waals surface area contributed by atoms with Gasteiger partial charge >= 0.3 is 5.69 Å². The molecule has 0 saturated heterocycles. The third kappa shape index (κ3) is 4.01. The molecule has 0 aliphatic heterocycles. The highest BCUT2D eigenvalue weighted by atomic mass is 16.6. The minimum atomic E-state index is -1.05. The van der Waals surface area contributed by atoms with Crippen molar-refractivity contribution in [2.24, 2.45) is 5.73 Å². The lowest BCUT2D eigenvalue weighted by Crippen LogP contribution is -2.28. The van der Waals surface area contributed by atoms with Gasteiger partial charge in [-0.25, -0.2) is 0 Å². The minimum absolute atomic E-state index is 0.0259. The van der Waals surface area contributed by atoms with E-state index >= 15 is 0 Å². The van der Waals surface area contributed by atoms with Crippen LogP contribution in [-0.2, 0) is 6.54 Å². The first-order chi connectivity index (χ1) is 7.83. The average molecular weight is 240 g/mol. The molecule has 0 heterocycles. The molecule has 0 amide bonds. The van der Waals surface area contributed by atoms with Gasteiger partial charge in [0.15, 0.2) is 5.75 Å². The third-order valence-corrected chi connectivity index (χ3v) is 2.04. The maximum atomic E-state index is 10.8. The molecular weight excluding hydrogens is 224 g/mol. The molecule has 0 bridgehead atoms. The van der Waals surface area contributed by atoms with Gasteiger partial charge in [0.05, 0.1) is 10.5 Å². The maximum absolute atomic E-state index is 10.8. The van der Waals surface area contributed by atoms with Gasteiger partial charge in [0, 0.05) is 12.6 Å². The van der Waals surface area contributed by atoms with Crippen molar-refractivity contribution in [3.8, 4) is 5.75 Å². The fraction of sp³-hybridized carbons (Fsp3) is 0.455. The molecule has 0 spiro atoms. The molecule has 1 rings (SSSR count). The standard InChI is InChI=1S/C11H16N2O4/c1-11(2,14)7-17-10-5-8(6-12)3-4-9(10)13(15)16/h3-5,14H,6-7,12H2,1-2H3. The zero-order valence-corrected chi connectivity index (χ0v) is 9.84. The summed E-state index contributed by atoms with van der Waals surface area (Å²) >= 11 is 0. The third-order valence-electron chi connectivity index (χ3n) is 2.04. The Labute approximate surface area is 99.2 Å². The molecule has 0 aromatic heterocycles. The van der Waals surface area contributed by atoms with Crippen LogP contribution in [0.4, 0.5) is 5.69 Å². The molecule has 3 N–H and O–H groups in total. The van der Waals surface area contributed by atoms with E-state index in [1.54, 1.807) is 19.9 Å². The monoisotopic (exact) mass is 240 g/mol. The molecule has 0 aliphatic rings. The SMILES string of the molecule is CC(C)(O)COc1cc(CN)ccc1[N+](=O)[O-]. The lowest BCUT2D eigenvalue weighted by Gasteiger charge is -2.17. The first kappa shape index (κ1) is 13.4. The minimum Gasteiger partial charge on any atom is -0.484 e. The van der Waals surface area contributed by atoms with Crippen molar-refractivity contribution in [3.05, 3.63) is 33.9 Å². The van der Waals surface area contributed by atoms with E-state index in [1.165, 1.54) is 12.1 Å². The van der Waals surface area contributed by atoms with Crippen molar-refractivity contribution in [3.63, 3.8) is 0 Å². The summed E-state index contributed by atoms with van der Waals surface area (Å²) in [5.74, 6) is 0.125. The van der Waals surface area contributed by atoms with Crippen LogP contribution >= 0.6 is 0 Å². The average Bonchev–Trinajstić information content (AvgIpc) is 2.24. The number of ether oxygens (including phenoxy) is 1. The Bertz CT molecular complexity index is 412. The van der Waals surface area contributed by atoms with Crippen LogP contribution in [0.1, 0.15) is 19.4 Å². The Morgan fingerprint density at radius 2 is 2.18 bits per heavy atom. The molecule has 0 saturated carbocycles. The van der Waals surface area contributed by atoms with Gasteiger partial charge in [0.2, 0.25) is 0 Å². The Balaban J connectivity index is 2.97. The lowest BCUT2D eigenvalue weighted by atomic mass is 10.1. The molecule has 0 unspecified atom stereocenters. The summed E-state index contributed by atoms with van der Waals surface area (Å²) in [6.45, 7) is 3.37. The van der Waals surface area contributed by atoms with E-state index in [1.807, 2.05) is 0 Å². The predicted molar refractivity (Wildman–Crippen MR) is 62.8 cm³/mol. The summed E-state index contributed by atoms with van der Waals surface area (Å²) in [6.07, 6.45) is 0. The number of hydrogen-bond acceptors (Lipinski definition) is 5. The molecule has 0 aliphatic carbocycles. The number of aliphatic hydroxyl groups is 1. The van der Waals surface area contributed by atoms with E-state index in [0.717, 1.165) is 5.56 Å². The van der Waals surface area contributed by atoms with Crippen molar-refractivity contribution < 1.29 is 14.8 Å². The van der Waals surface area contributed by atoms with E-state index in [2.05, 4.69) is 0 Å². The predicted octanol–water partition coefficient (Wildman–Crippen LogP) is 1.20. The van der Waals surface area contributed by atoms with Gasteiger partial charge < -0.3 is 15.6 Å². The van der Waals surface area contributed by atoms with E-state index in [0.29, 0.717) is 0 Å². The van der Waals surface area contributed by atoms with Crippen LogP contribution in [0.25, 0.3) is 0 Å². The summed E-state index contributed by atoms with van der Waals surface area (Å²) in [6, 6.07) is 4.45. The zero-order chi connectivity index (χ0) is 13.1. The molecule has 6 heteroatoms. The zero-order valence-electron chi connectivity index (χ0n) is 9.84. The highest BCUT2D eigenvalue weighted by Crippen LogP contribution is 2.28. The van der Waals surface area contributed by atoms with Gasteiger partial charge in [0.25, 0.3) is 0 Å². The van der Waals surface area contributed by atoms with E-state index in [4.69, 9.17) is 10.5 Å². The van der Waals surface area contributed by atoms with E-state index in [9.17, 15) is 15.2 Å². The summed E-state index contributed by atoms with van der Waals surface area (Å²) in [4.78, 5) is 10.2. The lowest BCUT2D eigenvalue weighted by molar-refractivity contribution is -0.386. The first-order valence-corrected chi connectivity index (χ1v) is 5.16. The quantitative estimate of drug-likeness (QED) is 0.595. The molecule has 0 radical (unpaired) electrons. The normalized spacial score (nSPS) is 11.3. The smallest absolute Gasteiger partial charge is 0.310 e. The molecule has 1 aromatic rings. The van der Waals surface area contributed by atoms with Crippen molar-refractivity contribution >= 4 is 5.69 Å². The first-order valence-electron chi connectivity index (χ1n) is 5.16. The Morgan fingerprint density at radius 3 is 2.65 bits per heavy atom. The molecular formula is C11H16N2O4. The van der Waals surface area contributed by atoms with Crippen LogP contribution in [0, 0.1) is 10.1 Å². The van der Waals surface area contributed by atoms with Crippen molar-refractivity contribution in [2.45, 2.75) is 26.0 Å². The van der Waals surface area contributed by atoms with Crippen LogP contribution in [0.3, 0.4) is 0 Å². The Hall–Kier alpha value is -1.66. The number of nitrogens with zero attached hydrogens (tertiary/aromatic N) is 1. The van der Waals surface area contributed by atoms with Crippen LogP contribution in [0.5, 0.6) is 5.75 Å². The second kappa shape index (κ2) is 5.11. The summed E-state index contributed by atoms with van der Waals surface area (Å²) in [7, 11) is 0. The van der Waals surface area contributed by atoms with Gasteiger partial charge in [-0.15, -0.1) is 0 Å². The van der Waals surface area contributed by atoms with Gasteiger partial charge in [-0.2, -0.15) is 0 Å². The van der Waals surface area contributed by atoms with Crippen molar-refractivity contribution in [2.75, 3.05) is 6.61 Å². The Morgan fingerprint density at radius 1 is 1.53 bits per heavy atom. The molecule has 17 heavy (non-hydrogen) atoms. The van der Waals surface area contributed by atoms with Gasteiger partial charge in [-0.3, -0.25) is 10.1 Å². The van der Waals surface area contributed by atoms with Crippen LogP contribution < -0.4 is 10.5 Å². The summed E-state index contributed by atoms with van der Waals surface area (Å²) in [5, 5.41) is 20.3. The van der Waals surface area contributed by atoms with E-state index < -0.39 is 10.5 Å².